The third-order valence-corrected chi connectivity index (χ3v) is 3.36. The Morgan fingerprint density at radius 1 is 1.06 bits per heavy atom. The van der Waals surface area contributed by atoms with Gasteiger partial charge in [-0.3, -0.25) is 0 Å². The molecular formula is C13H7Cl2FN2. The molecule has 0 saturated heterocycles. The van der Waals surface area contributed by atoms with E-state index in [9.17, 15) is 4.39 Å². The quantitative estimate of drug-likeness (QED) is 0.689. The summed E-state index contributed by atoms with van der Waals surface area (Å²) in [4.78, 5) is 7.42. The summed E-state index contributed by atoms with van der Waals surface area (Å²) in [5.41, 5.74) is 1.95. The van der Waals surface area contributed by atoms with E-state index in [1.54, 1.807) is 18.2 Å². The lowest BCUT2D eigenvalue weighted by atomic mass is 10.2. The molecular weight excluding hydrogens is 274 g/mol. The van der Waals surface area contributed by atoms with Crippen LogP contribution in [-0.4, -0.2) is 9.97 Å². The lowest BCUT2D eigenvalue weighted by Gasteiger charge is -2.00. The first-order valence-electron chi connectivity index (χ1n) is 5.25. The highest BCUT2D eigenvalue weighted by atomic mass is 35.5. The van der Waals surface area contributed by atoms with Crippen LogP contribution in [-0.2, 0) is 0 Å². The molecule has 2 nitrogen and oxygen atoms in total. The smallest absolute Gasteiger partial charge is 0.142 e. The number of nitrogens with one attached hydrogen (secondary N) is 1. The number of hydrogen-bond acceptors (Lipinski definition) is 1. The zero-order valence-electron chi connectivity index (χ0n) is 9.05. The number of benzene rings is 2. The van der Waals surface area contributed by atoms with E-state index in [1.165, 1.54) is 6.07 Å². The molecule has 0 bridgehead atoms. The van der Waals surface area contributed by atoms with Gasteiger partial charge in [0.25, 0.3) is 0 Å². The van der Waals surface area contributed by atoms with Crippen molar-refractivity contribution in [3.63, 3.8) is 0 Å². The number of aromatic amines is 1. The summed E-state index contributed by atoms with van der Waals surface area (Å²) in [6.45, 7) is 0. The Morgan fingerprint density at radius 2 is 1.83 bits per heavy atom. The number of hydrogen-bond donors (Lipinski definition) is 1. The summed E-state index contributed by atoms with van der Waals surface area (Å²) in [6.07, 6.45) is 0. The Labute approximate surface area is 112 Å². The first-order chi connectivity index (χ1) is 8.66. The molecule has 0 unspecified atom stereocenters. The Kier molecular flexibility index (Phi) is 2.73. The van der Waals surface area contributed by atoms with Gasteiger partial charge in [0.2, 0.25) is 0 Å². The van der Waals surface area contributed by atoms with Crippen LogP contribution in [0.5, 0.6) is 0 Å². The fraction of sp³-hybridized carbons (Fsp3) is 0. The monoisotopic (exact) mass is 280 g/mol. The van der Waals surface area contributed by atoms with Crippen molar-refractivity contribution in [3.8, 4) is 11.4 Å². The third kappa shape index (κ3) is 1.76. The van der Waals surface area contributed by atoms with Crippen molar-refractivity contribution >= 4 is 34.2 Å². The highest BCUT2D eigenvalue weighted by molar-refractivity contribution is 6.35. The van der Waals surface area contributed by atoms with Gasteiger partial charge in [-0.15, -0.1) is 0 Å². The van der Waals surface area contributed by atoms with Gasteiger partial charge < -0.3 is 4.98 Å². The number of aromatic nitrogens is 2. The first kappa shape index (κ1) is 11.5. The molecule has 0 aliphatic heterocycles. The van der Waals surface area contributed by atoms with Crippen LogP contribution in [0.3, 0.4) is 0 Å². The lowest BCUT2D eigenvalue weighted by Crippen LogP contribution is -1.85. The second-order valence-corrected chi connectivity index (χ2v) is 4.61. The number of H-pyrrole nitrogens is 1. The van der Waals surface area contributed by atoms with Crippen molar-refractivity contribution in [2.45, 2.75) is 0 Å². The van der Waals surface area contributed by atoms with Crippen LogP contribution in [0.25, 0.3) is 22.4 Å². The van der Waals surface area contributed by atoms with E-state index in [0.29, 0.717) is 21.9 Å². The minimum absolute atomic E-state index is 0.0488. The van der Waals surface area contributed by atoms with Gasteiger partial charge in [0.1, 0.15) is 17.2 Å². The average Bonchev–Trinajstić information content (AvgIpc) is 2.78. The van der Waals surface area contributed by atoms with Crippen LogP contribution in [0.1, 0.15) is 0 Å². The number of nitrogens with zero attached hydrogens (tertiary/aromatic N) is 1. The van der Waals surface area contributed by atoms with Crippen LogP contribution >= 0.6 is 23.2 Å². The van der Waals surface area contributed by atoms with Crippen molar-refractivity contribution < 1.29 is 4.39 Å². The molecule has 0 saturated carbocycles. The molecule has 1 N–H and O–H groups in total. The highest BCUT2D eigenvalue weighted by Crippen LogP contribution is 2.31. The molecule has 3 rings (SSSR count). The topological polar surface area (TPSA) is 28.7 Å². The number of rotatable bonds is 1. The lowest BCUT2D eigenvalue weighted by molar-refractivity contribution is 0.628. The van der Waals surface area contributed by atoms with Gasteiger partial charge in [-0.05, 0) is 24.3 Å². The van der Waals surface area contributed by atoms with Crippen LogP contribution in [0.4, 0.5) is 4.39 Å². The molecule has 2 aromatic carbocycles. The second-order valence-electron chi connectivity index (χ2n) is 3.82. The summed E-state index contributed by atoms with van der Waals surface area (Å²) < 4.78 is 13.4. The molecule has 0 spiro atoms. The fourth-order valence-electron chi connectivity index (χ4n) is 1.81. The normalized spacial score (nSPS) is 11.1. The van der Waals surface area contributed by atoms with E-state index in [2.05, 4.69) is 9.97 Å². The summed E-state index contributed by atoms with van der Waals surface area (Å²) >= 11 is 12.0. The van der Waals surface area contributed by atoms with Crippen LogP contribution in [0.2, 0.25) is 10.0 Å². The van der Waals surface area contributed by atoms with Crippen molar-refractivity contribution in [2.75, 3.05) is 0 Å². The molecule has 0 aliphatic rings. The summed E-state index contributed by atoms with van der Waals surface area (Å²) in [7, 11) is 0. The Balaban J connectivity index is 2.26. The molecule has 18 heavy (non-hydrogen) atoms. The van der Waals surface area contributed by atoms with Gasteiger partial charge in [0.05, 0.1) is 15.6 Å². The molecule has 0 fully saturated rings. The predicted molar refractivity (Wildman–Crippen MR) is 71.5 cm³/mol. The molecule has 90 valence electrons. The van der Waals surface area contributed by atoms with E-state index in [4.69, 9.17) is 23.2 Å². The van der Waals surface area contributed by atoms with Crippen molar-refractivity contribution in [3.05, 3.63) is 52.3 Å². The molecule has 0 atom stereocenters. The molecule has 1 heterocycles. The van der Waals surface area contributed by atoms with Crippen molar-refractivity contribution in [2.24, 2.45) is 0 Å². The number of halogens is 3. The summed E-state index contributed by atoms with van der Waals surface area (Å²) in [5, 5.41) is 0.593. The van der Waals surface area contributed by atoms with E-state index in [0.717, 1.165) is 5.52 Å². The van der Waals surface area contributed by atoms with Crippen LogP contribution in [0, 0.1) is 5.82 Å². The summed E-state index contributed by atoms with van der Waals surface area (Å²) in [5.74, 6) is 0.0309. The van der Waals surface area contributed by atoms with E-state index < -0.39 is 5.82 Å². The van der Waals surface area contributed by atoms with Gasteiger partial charge in [-0.25, -0.2) is 9.37 Å². The van der Waals surface area contributed by atoms with Crippen molar-refractivity contribution in [1.82, 2.24) is 9.97 Å². The number of imidazole rings is 1. The van der Waals surface area contributed by atoms with Crippen LogP contribution in [0.15, 0.2) is 36.4 Å². The predicted octanol–water partition coefficient (Wildman–Crippen LogP) is 4.68. The third-order valence-electron chi connectivity index (χ3n) is 2.67. The molecule has 1 aromatic heterocycles. The standard InChI is InChI=1S/C13H7Cl2FN2/c14-8-4-2-6-10-12(8)18-13(17-10)7-3-1-5-9(16)11(7)15/h1-6H,(H,17,18). The number of fused-ring (bicyclic) bond motifs is 1. The van der Waals surface area contributed by atoms with Gasteiger partial charge in [0.15, 0.2) is 0 Å². The maximum absolute atomic E-state index is 13.4. The van der Waals surface area contributed by atoms with E-state index in [-0.39, 0.29) is 5.02 Å². The van der Waals surface area contributed by atoms with Gasteiger partial charge in [-0.2, -0.15) is 0 Å². The number of para-hydroxylation sites is 1. The molecule has 0 aliphatic carbocycles. The maximum atomic E-state index is 13.4. The SMILES string of the molecule is Fc1cccc(-c2nc3c(Cl)cccc3[nH]2)c1Cl. The Bertz CT molecular complexity index is 737. The minimum atomic E-state index is -0.472. The van der Waals surface area contributed by atoms with E-state index in [1.807, 2.05) is 12.1 Å². The largest absolute Gasteiger partial charge is 0.338 e. The zero-order valence-corrected chi connectivity index (χ0v) is 10.6. The zero-order chi connectivity index (χ0) is 12.7. The Hall–Kier alpha value is -1.58. The minimum Gasteiger partial charge on any atom is -0.338 e. The molecule has 5 heteroatoms. The van der Waals surface area contributed by atoms with Gasteiger partial charge in [0, 0.05) is 5.56 Å². The second kappa shape index (κ2) is 4.26. The Morgan fingerprint density at radius 3 is 2.61 bits per heavy atom. The maximum Gasteiger partial charge on any atom is 0.142 e. The average molecular weight is 281 g/mol. The highest BCUT2D eigenvalue weighted by Gasteiger charge is 2.12. The van der Waals surface area contributed by atoms with Gasteiger partial charge >= 0.3 is 0 Å². The fourth-order valence-corrected chi connectivity index (χ4v) is 2.24. The molecule has 0 amide bonds. The first-order valence-corrected chi connectivity index (χ1v) is 6.01. The summed E-state index contributed by atoms with van der Waals surface area (Å²) in [6, 6.07) is 10.0. The van der Waals surface area contributed by atoms with Crippen molar-refractivity contribution in [1.29, 1.82) is 0 Å². The van der Waals surface area contributed by atoms with Crippen LogP contribution < -0.4 is 0 Å². The molecule has 3 aromatic rings. The molecule has 0 radical (unpaired) electrons. The van der Waals surface area contributed by atoms with E-state index >= 15 is 0 Å². The van der Waals surface area contributed by atoms with Gasteiger partial charge in [-0.1, -0.05) is 35.3 Å².